The van der Waals surface area contributed by atoms with Crippen molar-refractivity contribution in [3.8, 4) is 0 Å². The van der Waals surface area contributed by atoms with Gasteiger partial charge in [-0.3, -0.25) is 4.90 Å². The summed E-state index contributed by atoms with van der Waals surface area (Å²) in [5.41, 5.74) is 0.181. The van der Waals surface area contributed by atoms with Crippen LogP contribution in [0.15, 0.2) is 0 Å². The van der Waals surface area contributed by atoms with Crippen molar-refractivity contribution in [3.05, 3.63) is 0 Å². The third-order valence-electron chi connectivity index (χ3n) is 3.53. The van der Waals surface area contributed by atoms with Crippen LogP contribution in [0.2, 0.25) is 0 Å². The number of rotatable bonds is 4. The van der Waals surface area contributed by atoms with Gasteiger partial charge in [-0.25, -0.2) is 0 Å². The Hall–Kier alpha value is 0.270. The standard InChI is InChI=1S/C14H31NOS/c1-10-17(16)12(13(3,4)5)11(2)15(9)14(6,7)8/h11-12H,10H2,1-9H3. The van der Waals surface area contributed by atoms with Crippen LogP contribution in [0, 0.1) is 5.41 Å². The van der Waals surface area contributed by atoms with Crippen LogP contribution in [0.4, 0.5) is 0 Å². The van der Waals surface area contributed by atoms with Gasteiger partial charge in [-0.05, 0) is 52.8 Å². The first-order valence-corrected chi connectivity index (χ1v) is 7.91. The largest absolute Gasteiger partial charge is 0.616 e. The van der Waals surface area contributed by atoms with Crippen LogP contribution in [0.5, 0.6) is 0 Å². The van der Waals surface area contributed by atoms with E-state index in [4.69, 9.17) is 0 Å². The van der Waals surface area contributed by atoms with Crippen molar-refractivity contribution < 1.29 is 4.55 Å². The molecule has 0 saturated heterocycles. The molecule has 3 unspecified atom stereocenters. The minimum Gasteiger partial charge on any atom is -0.616 e. The molecule has 0 aromatic rings. The Kier molecular flexibility index (Phi) is 6.04. The molecule has 3 heteroatoms. The first kappa shape index (κ1) is 17.3. The molecule has 0 rings (SSSR count). The number of hydrogen-bond donors (Lipinski definition) is 0. The summed E-state index contributed by atoms with van der Waals surface area (Å²) >= 11 is -0.761. The average molecular weight is 261 g/mol. The topological polar surface area (TPSA) is 26.3 Å². The Morgan fingerprint density at radius 3 is 1.76 bits per heavy atom. The maximum absolute atomic E-state index is 12.3. The predicted octanol–water partition coefficient (Wildman–Crippen LogP) is 3.29. The summed E-state index contributed by atoms with van der Waals surface area (Å²) in [4.78, 5) is 2.34. The summed E-state index contributed by atoms with van der Waals surface area (Å²) < 4.78 is 12.3. The fourth-order valence-corrected chi connectivity index (χ4v) is 4.10. The summed E-state index contributed by atoms with van der Waals surface area (Å²) in [5, 5.41) is 0.205. The molecule has 0 bridgehead atoms. The summed E-state index contributed by atoms with van der Waals surface area (Å²) in [7, 11) is 2.14. The van der Waals surface area contributed by atoms with Gasteiger partial charge < -0.3 is 4.55 Å². The quantitative estimate of drug-likeness (QED) is 0.726. The van der Waals surface area contributed by atoms with Gasteiger partial charge in [0.05, 0.1) is 6.04 Å². The van der Waals surface area contributed by atoms with Crippen molar-refractivity contribution >= 4 is 11.2 Å². The van der Waals surface area contributed by atoms with Crippen molar-refractivity contribution in [1.82, 2.24) is 4.90 Å². The van der Waals surface area contributed by atoms with Crippen LogP contribution in [0.3, 0.4) is 0 Å². The third-order valence-corrected chi connectivity index (χ3v) is 5.76. The Labute approximate surface area is 111 Å². The predicted molar refractivity (Wildman–Crippen MR) is 78.9 cm³/mol. The monoisotopic (exact) mass is 261 g/mol. The van der Waals surface area contributed by atoms with E-state index in [0.717, 1.165) is 5.75 Å². The Morgan fingerprint density at radius 1 is 1.12 bits per heavy atom. The smallest absolute Gasteiger partial charge is 0.135 e. The molecule has 0 aromatic heterocycles. The van der Waals surface area contributed by atoms with Gasteiger partial charge >= 0.3 is 0 Å². The van der Waals surface area contributed by atoms with Crippen LogP contribution in [-0.4, -0.2) is 39.1 Å². The number of nitrogens with zero attached hydrogens (tertiary/aromatic N) is 1. The highest BCUT2D eigenvalue weighted by molar-refractivity contribution is 7.92. The lowest BCUT2D eigenvalue weighted by Gasteiger charge is -2.44. The van der Waals surface area contributed by atoms with Gasteiger partial charge in [-0.2, -0.15) is 0 Å². The molecular formula is C14H31NOS. The average Bonchev–Trinajstić information content (AvgIpc) is 2.12. The van der Waals surface area contributed by atoms with Gasteiger partial charge in [0.25, 0.3) is 0 Å². The molecule has 0 saturated carbocycles. The molecule has 0 aliphatic rings. The zero-order chi connectivity index (χ0) is 14.0. The fourth-order valence-electron chi connectivity index (χ4n) is 2.33. The maximum Gasteiger partial charge on any atom is 0.135 e. The van der Waals surface area contributed by atoms with Gasteiger partial charge in [0.15, 0.2) is 0 Å². The lowest BCUT2D eigenvalue weighted by molar-refractivity contribution is 0.101. The van der Waals surface area contributed by atoms with Crippen LogP contribution < -0.4 is 0 Å². The van der Waals surface area contributed by atoms with Crippen molar-refractivity contribution in [3.63, 3.8) is 0 Å². The SMILES string of the molecule is CC[S+]([O-])C(C(C)N(C)C(C)(C)C)C(C)(C)C. The van der Waals surface area contributed by atoms with E-state index in [1.54, 1.807) is 0 Å². The molecular weight excluding hydrogens is 230 g/mol. The van der Waals surface area contributed by atoms with Crippen LogP contribution in [-0.2, 0) is 11.2 Å². The van der Waals surface area contributed by atoms with E-state index in [-0.39, 0.29) is 16.2 Å². The normalized spacial score (nSPS) is 19.2. The van der Waals surface area contributed by atoms with Crippen molar-refractivity contribution in [2.45, 2.75) is 72.2 Å². The minimum atomic E-state index is -0.761. The summed E-state index contributed by atoms with van der Waals surface area (Å²) in [6.45, 7) is 17.4. The molecule has 0 N–H and O–H groups in total. The summed E-state index contributed by atoms with van der Waals surface area (Å²) in [6, 6.07) is 0.316. The maximum atomic E-state index is 12.3. The Morgan fingerprint density at radius 2 is 1.53 bits per heavy atom. The molecule has 0 heterocycles. The van der Waals surface area contributed by atoms with Crippen molar-refractivity contribution in [2.75, 3.05) is 12.8 Å². The zero-order valence-electron chi connectivity index (χ0n) is 13.1. The number of hydrogen-bond acceptors (Lipinski definition) is 2. The van der Waals surface area contributed by atoms with Gasteiger partial charge in [0, 0.05) is 11.0 Å². The van der Waals surface area contributed by atoms with E-state index < -0.39 is 11.2 Å². The van der Waals surface area contributed by atoms with Crippen LogP contribution >= 0.6 is 0 Å². The molecule has 0 fully saturated rings. The molecule has 3 atom stereocenters. The lowest BCUT2D eigenvalue weighted by atomic mass is 9.86. The van der Waals surface area contributed by atoms with Gasteiger partial charge in [0.2, 0.25) is 0 Å². The van der Waals surface area contributed by atoms with Gasteiger partial charge in [0.1, 0.15) is 11.0 Å². The Balaban J connectivity index is 5.08. The molecule has 104 valence electrons. The third kappa shape index (κ3) is 4.80. The van der Waals surface area contributed by atoms with Crippen molar-refractivity contribution in [2.24, 2.45) is 5.41 Å². The van der Waals surface area contributed by atoms with E-state index in [1.165, 1.54) is 0 Å². The second-order valence-corrected chi connectivity index (χ2v) is 8.83. The van der Waals surface area contributed by atoms with Gasteiger partial charge in [-0.15, -0.1) is 0 Å². The molecule has 2 nitrogen and oxygen atoms in total. The summed E-state index contributed by atoms with van der Waals surface area (Å²) in [6.07, 6.45) is 0. The molecule has 0 aliphatic carbocycles. The van der Waals surface area contributed by atoms with E-state index in [0.29, 0.717) is 6.04 Å². The second kappa shape index (κ2) is 5.94. The molecule has 0 spiro atoms. The molecule has 0 radical (unpaired) electrons. The first-order chi connectivity index (χ1) is 7.42. The second-order valence-electron chi connectivity index (χ2n) is 6.98. The van der Waals surface area contributed by atoms with Crippen LogP contribution in [0.1, 0.15) is 55.4 Å². The molecule has 17 heavy (non-hydrogen) atoms. The van der Waals surface area contributed by atoms with E-state index in [2.05, 4.69) is 60.4 Å². The highest BCUT2D eigenvalue weighted by Gasteiger charge is 2.42. The first-order valence-electron chi connectivity index (χ1n) is 6.53. The molecule has 0 aliphatic heterocycles. The lowest BCUT2D eigenvalue weighted by Crippen LogP contribution is -2.55. The highest BCUT2D eigenvalue weighted by Crippen LogP contribution is 2.32. The van der Waals surface area contributed by atoms with E-state index in [1.807, 2.05) is 6.92 Å². The van der Waals surface area contributed by atoms with Crippen molar-refractivity contribution in [1.29, 1.82) is 0 Å². The Bertz CT molecular complexity index is 229. The molecule has 0 aromatic carbocycles. The van der Waals surface area contributed by atoms with Crippen LogP contribution in [0.25, 0.3) is 0 Å². The van der Waals surface area contributed by atoms with E-state index >= 15 is 0 Å². The van der Waals surface area contributed by atoms with Gasteiger partial charge in [-0.1, -0.05) is 20.8 Å². The zero-order valence-corrected chi connectivity index (χ0v) is 13.9. The fraction of sp³-hybridized carbons (Fsp3) is 1.00. The summed E-state index contributed by atoms with van der Waals surface area (Å²) in [5.74, 6) is 0.740. The minimum absolute atomic E-state index is 0.0692. The molecule has 0 amide bonds. The van der Waals surface area contributed by atoms with E-state index in [9.17, 15) is 4.55 Å². The highest BCUT2D eigenvalue weighted by atomic mass is 32.2.